The van der Waals surface area contributed by atoms with Gasteiger partial charge in [0.05, 0.1) is 12.8 Å². The minimum Gasteiger partial charge on any atom is -0.383 e. The zero-order valence-electron chi connectivity index (χ0n) is 13.8. The summed E-state index contributed by atoms with van der Waals surface area (Å²) >= 11 is 0. The van der Waals surface area contributed by atoms with Crippen LogP contribution in [0.4, 0.5) is 10.3 Å². The molecule has 8 heteroatoms. The molecule has 0 saturated heterocycles. The number of aromatic amines is 1. The van der Waals surface area contributed by atoms with Gasteiger partial charge < -0.3 is 15.0 Å². The quantitative estimate of drug-likeness (QED) is 0.584. The molecule has 0 aliphatic rings. The number of halogens is 1. The summed E-state index contributed by atoms with van der Waals surface area (Å²) in [7, 11) is 1.65. The van der Waals surface area contributed by atoms with Crippen LogP contribution >= 0.6 is 0 Å². The van der Waals surface area contributed by atoms with Crippen LogP contribution in [0.3, 0.4) is 0 Å². The van der Waals surface area contributed by atoms with Gasteiger partial charge in [-0.05, 0) is 19.1 Å². The number of H-pyrrole nitrogens is 1. The second-order valence-electron chi connectivity index (χ2n) is 5.89. The van der Waals surface area contributed by atoms with Crippen molar-refractivity contribution in [3.05, 3.63) is 42.9 Å². The molecule has 0 amide bonds. The van der Waals surface area contributed by atoms with Crippen LogP contribution in [0.1, 0.15) is 6.92 Å². The van der Waals surface area contributed by atoms with Crippen LogP contribution in [0.5, 0.6) is 0 Å². The van der Waals surface area contributed by atoms with E-state index in [1.165, 1.54) is 10.6 Å². The fraction of sp³-hybridized carbons (Fsp3) is 0.235. The molecule has 4 rings (SSSR count). The van der Waals surface area contributed by atoms with Gasteiger partial charge in [-0.25, -0.2) is 9.97 Å². The van der Waals surface area contributed by atoms with Gasteiger partial charge in [0.2, 0.25) is 11.9 Å². The summed E-state index contributed by atoms with van der Waals surface area (Å²) in [6, 6.07) is 3.78. The van der Waals surface area contributed by atoms with Gasteiger partial charge in [-0.2, -0.15) is 9.37 Å². The Morgan fingerprint density at radius 1 is 1.32 bits per heavy atom. The van der Waals surface area contributed by atoms with Crippen LogP contribution in [0.25, 0.3) is 27.8 Å². The number of rotatable bonds is 5. The molecule has 0 aliphatic carbocycles. The first-order chi connectivity index (χ1) is 12.2. The lowest BCUT2D eigenvalue weighted by Gasteiger charge is -2.12. The molecule has 4 aromatic heterocycles. The third-order valence-corrected chi connectivity index (χ3v) is 4.00. The third kappa shape index (κ3) is 2.80. The Morgan fingerprint density at radius 3 is 3.04 bits per heavy atom. The molecule has 0 saturated carbocycles. The highest BCUT2D eigenvalue weighted by molar-refractivity contribution is 5.93. The van der Waals surface area contributed by atoms with Crippen molar-refractivity contribution in [1.82, 2.24) is 24.3 Å². The van der Waals surface area contributed by atoms with Crippen molar-refractivity contribution in [3.8, 4) is 11.1 Å². The first-order valence-corrected chi connectivity index (χ1v) is 7.88. The summed E-state index contributed by atoms with van der Waals surface area (Å²) in [6.07, 6.45) is 6.52. The lowest BCUT2D eigenvalue weighted by atomic mass is 10.1. The number of imidazole rings is 1. The van der Waals surface area contributed by atoms with Gasteiger partial charge in [-0.15, -0.1) is 0 Å². The SMILES string of the molecule is COCC(C)Nc1ncc2c(-c3ccc4ncc(F)n4c3)c[nH]c2n1. The van der Waals surface area contributed by atoms with Crippen LogP contribution in [-0.4, -0.2) is 44.1 Å². The van der Waals surface area contributed by atoms with Crippen molar-refractivity contribution in [2.24, 2.45) is 0 Å². The highest BCUT2D eigenvalue weighted by Gasteiger charge is 2.12. The van der Waals surface area contributed by atoms with Gasteiger partial charge in [-0.1, -0.05) is 0 Å². The molecule has 0 aliphatic heterocycles. The first-order valence-electron chi connectivity index (χ1n) is 7.88. The number of fused-ring (bicyclic) bond motifs is 2. The number of pyridine rings is 1. The van der Waals surface area contributed by atoms with Gasteiger partial charge in [0, 0.05) is 48.3 Å². The molecular formula is C17H17FN6O. The zero-order chi connectivity index (χ0) is 17.4. The Bertz CT molecular complexity index is 1040. The number of anilines is 1. The largest absolute Gasteiger partial charge is 0.383 e. The molecule has 0 aromatic carbocycles. The van der Waals surface area contributed by atoms with E-state index in [1.54, 1.807) is 25.6 Å². The summed E-state index contributed by atoms with van der Waals surface area (Å²) in [5.74, 6) is 0.133. The Hall–Kier alpha value is -3.00. The highest BCUT2D eigenvalue weighted by Crippen LogP contribution is 2.28. The number of nitrogens with one attached hydrogen (secondary N) is 2. The van der Waals surface area contributed by atoms with Crippen molar-refractivity contribution < 1.29 is 9.13 Å². The van der Waals surface area contributed by atoms with Gasteiger partial charge in [0.1, 0.15) is 11.3 Å². The predicted molar refractivity (Wildman–Crippen MR) is 93.0 cm³/mol. The van der Waals surface area contributed by atoms with Crippen molar-refractivity contribution in [1.29, 1.82) is 0 Å². The lowest BCUT2D eigenvalue weighted by Crippen LogP contribution is -2.22. The molecule has 1 unspecified atom stereocenters. The van der Waals surface area contributed by atoms with Crippen molar-refractivity contribution >= 4 is 22.6 Å². The van der Waals surface area contributed by atoms with E-state index < -0.39 is 5.95 Å². The average molecular weight is 340 g/mol. The van der Waals surface area contributed by atoms with Gasteiger partial charge in [0.15, 0.2) is 0 Å². The predicted octanol–water partition coefficient (Wildman–Crippen LogP) is 2.86. The number of nitrogens with zero attached hydrogens (tertiary/aromatic N) is 4. The molecule has 4 heterocycles. The maximum atomic E-state index is 13.8. The van der Waals surface area contributed by atoms with Gasteiger partial charge in [0.25, 0.3) is 0 Å². The maximum Gasteiger partial charge on any atom is 0.224 e. The minimum atomic E-state index is -0.397. The summed E-state index contributed by atoms with van der Waals surface area (Å²) in [5, 5.41) is 4.05. The highest BCUT2D eigenvalue weighted by atomic mass is 19.1. The van der Waals surface area contributed by atoms with E-state index in [9.17, 15) is 4.39 Å². The maximum absolute atomic E-state index is 13.8. The van der Waals surface area contributed by atoms with Crippen LogP contribution in [-0.2, 0) is 4.74 Å². The second-order valence-corrected chi connectivity index (χ2v) is 5.89. The van der Waals surface area contributed by atoms with Gasteiger partial charge >= 0.3 is 0 Å². The summed E-state index contributed by atoms with van der Waals surface area (Å²) < 4.78 is 20.3. The van der Waals surface area contributed by atoms with Crippen LogP contribution in [0.2, 0.25) is 0 Å². The molecule has 0 fully saturated rings. The van der Waals surface area contributed by atoms with E-state index in [-0.39, 0.29) is 6.04 Å². The first kappa shape index (κ1) is 15.5. The smallest absolute Gasteiger partial charge is 0.224 e. The van der Waals surface area contributed by atoms with Gasteiger partial charge in [-0.3, -0.25) is 4.40 Å². The molecule has 4 aromatic rings. The van der Waals surface area contributed by atoms with Crippen LogP contribution in [0.15, 0.2) is 36.9 Å². The third-order valence-electron chi connectivity index (χ3n) is 4.00. The fourth-order valence-corrected chi connectivity index (χ4v) is 2.84. The molecule has 1 atom stereocenters. The number of ether oxygens (including phenoxy) is 1. The fourth-order valence-electron chi connectivity index (χ4n) is 2.84. The second kappa shape index (κ2) is 6.14. The van der Waals surface area contributed by atoms with Crippen molar-refractivity contribution in [2.75, 3.05) is 19.0 Å². The normalized spacial score (nSPS) is 12.8. The number of methoxy groups -OCH3 is 1. The van der Waals surface area contributed by atoms with Crippen molar-refractivity contribution in [3.63, 3.8) is 0 Å². The molecule has 2 N–H and O–H groups in total. The number of hydrogen-bond donors (Lipinski definition) is 2. The Labute approximate surface area is 142 Å². The van der Waals surface area contributed by atoms with E-state index in [4.69, 9.17) is 4.74 Å². The summed E-state index contributed by atoms with van der Waals surface area (Å²) in [4.78, 5) is 16.0. The van der Waals surface area contributed by atoms with E-state index in [1.807, 2.05) is 19.2 Å². The summed E-state index contributed by atoms with van der Waals surface area (Å²) in [5.41, 5.74) is 3.04. The van der Waals surface area contributed by atoms with Crippen LogP contribution < -0.4 is 5.32 Å². The average Bonchev–Trinajstić information content (AvgIpc) is 3.18. The Balaban J connectivity index is 1.71. The Kier molecular flexibility index (Phi) is 3.81. The lowest BCUT2D eigenvalue weighted by molar-refractivity contribution is 0.190. The monoisotopic (exact) mass is 340 g/mol. The Morgan fingerprint density at radius 2 is 2.20 bits per heavy atom. The standard InChI is InChI=1S/C17H17FN6O/c1-10(9-25-2)22-17-21-6-13-12(5-20-16(13)23-17)11-3-4-15-19-7-14(18)24(15)8-11/h3-8,10H,9H2,1-2H3,(H2,20,21,22,23). The van der Waals surface area contributed by atoms with E-state index in [2.05, 4.69) is 25.3 Å². The van der Waals surface area contributed by atoms with E-state index in [0.717, 1.165) is 16.5 Å². The summed E-state index contributed by atoms with van der Waals surface area (Å²) in [6.45, 7) is 2.56. The number of hydrogen-bond acceptors (Lipinski definition) is 5. The molecule has 0 radical (unpaired) electrons. The topological polar surface area (TPSA) is 80.1 Å². The zero-order valence-corrected chi connectivity index (χ0v) is 13.8. The van der Waals surface area contributed by atoms with E-state index in [0.29, 0.717) is 23.8 Å². The van der Waals surface area contributed by atoms with Crippen molar-refractivity contribution in [2.45, 2.75) is 13.0 Å². The van der Waals surface area contributed by atoms with Crippen LogP contribution in [0, 0.1) is 5.95 Å². The molecule has 128 valence electrons. The molecule has 0 spiro atoms. The molecule has 0 bridgehead atoms. The molecule has 25 heavy (non-hydrogen) atoms. The molecular weight excluding hydrogens is 323 g/mol. The van der Waals surface area contributed by atoms with E-state index >= 15 is 0 Å². The number of aromatic nitrogens is 5. The minimum absolute atomic E-state index is 0.100. The molecule has 7 nitrogen and oxygen atoms in total.